The van der Waals surface area contributed by atoms with Crippen LogP contribution >= 0.6 is 0 Å². The molecule has 0 atom stereocenters. The smallest absolute Gasteiger partial charge is 0.175 e. The van der Waals surface area contributed by atoms with Crippen LogP contribution in [0, 0.1) is 0 Å². The largest absolute Gasteiger partial charge is 0.355 e. The van der Waals surface area contributed by atoms with Crippen LogP contribution < -0.4 is 0 Å². The second-order valence-electron chi connectivity index (χ2n) is 9.58. The van der Waals surface area contributed by atoms with Crippen molar-refractivity contribution in [2.75, 3.05) is 0 Å². The summed E-state index contributed by atoms with van der Waals surface area (Å²) in [5.41, 5.74) is 7.48. The predicted molar refractivity (Wildman–Crippen MR) is 163 cm³/mol. The van der Waals surface area contributed by atoms with E-state index in [1.807, 2.05) is 133 Å². The van der Waals surface area contributed by atoms with Crippen LogP contribution in [0.4, 0.5) is 0 Å². The van der Waals surface area contributed by atoms with Gasteiger partial charge in [0, 0.05) is 27.8 Å². The Labute approximate surface area is 237 Å². The first-order valence-corrected chi connectivity index (χ1v) is 13.4. The van der Waals surface area contributed by atoms with Crippen LogP contribution in [0.25, 0.3) is 67.9 Å². The SMILES string of the molecule is c1ccc(-c2nc(-c3ccccc3)nc(-c3ccc(-c4c(-c5ccccc5)noc4-c4ccccc4)cc3)n2)cc1. The second-order valence-corrected chi connectivity index (χ2v) is 9.58. The fourth-order valence-electron chi connectivity index (χ4n) is 4.86. The fraction of sp³-hybridized carbons (Fsp3) is 0. The predicted octanol–water partition coefficient (Wildman–Crippen LogP) is 8.86. The van der Waals surface area contributed by atoms with E-state index in [-0.39, 0.29) is 0 Å². The van der Waals surface area contributed by atoms with Gasteiger partial charge in [-0.05, 0) is 5.56 Å². The summed E-state index contributed by atoms with van der Waals surface area (Å²) in [6.45, 7) is 0. The standard InChI is InChI=1S/C36H24N4O/c1-5-13-26(14-6-1)32-31(33(41-40-32)27-15-7-2-8-16-27)25-21-23-30(24-22-25)36-38-34(28-17-9-3-10-18-28)37-35(39-36)29-19-11-4-12-20-29/h1-24H. The zero-order valence-corrected chi connectivity index (χ0v) is 22.1. The highest BCUT2D eigenvalue weighted by Crippen LogP contribution is 2.40. The summed E-state index contributed by atoms with van der Waals surface area (Å²) in [4.78, 5) is 14.5. The molecule has 5 nitrogen and oxygen atoms in total. The summed E-state index contributed by atoms with van der Waals surface area (Å²) >= 11 is 0. The van der Waals surface area contributed by atoms with Crippen molar-refractivity contribution < 1.29 is 4.52 Å². The average Bonchev–Trinajstić information content (AvgIpc) is 3.52. The molecule has 0 bridgehead atoms. The summed E-state index contributed by atoms with van der Waals surface area (Å²) < 4.78 is 5.95. The van der Waals surface area contributed by atoms with Gasteiger partial charge in [-0.25, -0.2) is 15.0 Å². The molecule has 0 amide bonds. The Bertz CT molecular complexity index is 1790. The number of rotatable bonds is 6. The Kier molecular flexibility index (Phi) is 6.44. The van der Waals surface area contributed by atoms with E-state index in [4.69, 9.17) is 19.5 Å². The molecule has 5 heteroatoms. The van der Waals surface area contributed by atoms with Gasteiger partial charge in [0.15, 0.2) is 23.2 Å². The van der Waals surface area contributed by atoms with Crippen molar-refractivity contribution in [2.45, 2.75) is 0 Å². The van der Waals surface area contributed by atoms with Crippen LogP contribution in [-0.2, 0) is 0 Å². The lowest BCUT2D eigenvalue weighted by Crippen LogP contribution is -2.00. The highest BCUT2D eigenvalue weighted by atomic mass is 16.5. The second kappa shape index (κ2) is 10.8. The number of benzene rings is 5. The molecule has 0 aliphatic rings. The van der Waals surface area contributed by atoms with Crippen molar-refractivity contribution >= 4 is 0 Å². The Morgan fingerprint density at radius 1 is 0.341 bits per heavy atom. The number of aromatic nitrogens is 4. The molecule has 5 aromatic carbocycles. The lowest BCUT2D eigenvalue weighted by Gasteiger charge is -2.09. The summed E-state index contributed by atoms with van der Waals surface area (Å²) in [7, 11) is 0. The van der Waals surface area contributed by atoms with Gasteiger partial charge in [-0.15, -0.1) is 0 Å². The normalized spacial score (nSPS) is 10.9. The summed E-state index contributed by atoms with van der Waals surface area (Å²) in [5, 5.41) is 4.50. The first kappa shape index (κ1) is 24.4. The van der Waals surface area contributed by atoms with Gasteiger partial charge in [0.1, 0.15) is 5.69 Å². The maximum absolute atomic E-state index is 5.95. The summed E-state index contributed by atoms with van der Waals surface area (Å²) in [6.07, 6.45) is 0. The molecule has 2 heterocycles. The monoisotopic (exact) mass is 528 g/mol. The van der Waals surface area contributed by atoms with Crippen LogP contribution in [0.15, 0.2) is 150 Å². The van der Waals surface area contributed by atoms with Gasteiger partial charge in [0.25, 0.3) is 0 Å². The van der Waals surface area contributed by atoms with Crippen LogP contribution in [0.2, 0.25) is 0 Å². The highest BCUT2D eigenvalue weighted by Gasteiger charge is 2.21. The molecular weight excluding hydrogens is 504 g/mol. The van der Waals surface area contributed by atoms with E-state index >= 15 is 0 Å². The first-order chi connectivity index (χ1) is 20.3. The molecule has 0 aliphatic carbocycles. The number of hydrogen-bond donors (Lipinski definition) is 0. The highest BCUT2D eigenvalue weighted by molar-refractivity contribution is 5.90. The summed E-state index contributed by atoms with van der Waals surface area (Å²) in [5.74, 6) is 2.61. The van der Waals surface area contributed by atoms with E-state index in [2.05, 4.69) is 17.3 Å². The molecule has 0 fully saturated rings. The maximum atomic E-state index is 5.95. The number of hydrogen-bond acceptors (Lipinski definition) is 5. The average molecular weight is 529 g/mol. The molecule has 0 unspecified atom stereocenters. The molecule has 0 N–H and O–H groups in total. The molecule has 0 radical (unpaired) electrons. The van der Waals surface area contributed by atoms with Crippen LogP contribution in [0.5, 0.6) is 0 Å². The Morgan fingerprint density at radius 2 is 0.707 bits per heavy atom. The van der Waals surface area contributed by atoms with E-state index in [9.17, 15) is 0 Å². The van der Waals surface area contributed by atoms with Gasteiger partial charge in [0.05, 0.1) is 5.56 Å². The Hall–Kier alpha value is -5.68. The van der Waals surface area contributed by atoms with Crippen molar-refractivity contribution in [2.24, 2.45) is 0 Å². The molecule has 7 aromatic rings. The molecule has 41 heavy (non-hydrogen) atoms. The molecular formula is C36H24N4O. The fourth-order valence-corrected chi connectivity index (χ4v) is 4.86. The van der Waals surface area contributed by atoms with Crippen LogP contribution in [0.3, 0.4) is 0 Å². The first-order valence-electron chi connectivity index (χ1n) is 13.4. The maximum Gasteiger partial charge on any atom is 0.175 e. The van der Waals surface area contributed by atoms with Gasteiger partial charge < -0.3 is 4.52 Å². The van der Waals surface area contributed by atoms with Crippen molar-refractivity contribution in [1.29, 1.82) is 0 Å². The van der Waals surface area contributed by atoms with Crippen molar-refractivity contribution in [3.8, 4) is 67.9 Å². The zero-order valence-electron chi connectivity index (χ0n) is 22.1. The Morgan fingerprint density at radius 3 is 1.17 bits per heavy atom. The topological polar surface area (TPSA) is 64.7 Å². The van der Waals surface area contributed by atoms with Crippen molar-refractivity contribution in [1.82, 2.24) is 20.1 Å². The molecule has 0 saturated heterocycles. The molecule has 2 aromatic heterocycles. The molecule has 0 saturated carbocycles. The van der Waals surface area contributed by atoms with Gasteiger partial charge in [-0.3, -0.25) is 0 Å². The lowest BCUT2D eigenvalue weighted by molar-refractivity contribution is 0.435. The minimum atomic E-state index is 0.612. The van der Waals surface area contributed by atoms with E-state index < -0.39 is 0 Å². The Balaban J connectivity index is 1.34. The molecule has 0 spiro atoms. The van der Waals surface area contributed by atoms with Gasteiger partial charge in [0.2, 0.25) is 0 Å². The molecule has 0 aliphatic heterocycles. The lowest BCUT2D eigenvalue weighted by atomic mass is 9.95. The van der Waals surface area contributed by atoms with Crippen molar-refractivity contribution in [3.05, 3.63) is 146 Å². The van der Waals surface area contributed by atoms with E-state index in [1.54, 1.807) is 0 Å². The van der Waals surface area contributed by atoms with E-state index in [0.717, 1.165) is 50.4 Å². The van der Waals surface area contributed by atoms with E-state index in [1.165, 1.54) is 0 Å². The molecule has 194 valence electrons. The van der Waals surface area contributed by atoms with Crippen LogP contribution in [-0.4, -0.2) is 20.1 Å². The zero-order chi connectivity index (χ0) is 27.4. The van der Waals surface area contributed by atoms with Gasteiger partial charge >= 0.3 is 0 Å². The summed E-state index contributed by atoms with van der Waals surface area (Å²) in [6, 6.07) is 48.4. The van der Waals surface area contributed by atoms with Gasteiger partial charge in [-0.1, -0.05) is 151 Å². The van der Waals surface area contributed by atoms with E-state index in [0.29, 0.717) is 17.5 Å². The third kappa shape index (κ3) is 4.92. The third-order valence-corrected chi connectivity index (χ3v) is 6.91. The quantitative estimate of drug-likeness (QED) is 0.216. The minimum Gasteiger partial charge on any atom is -0.355 e. The van der Waals surface area contributed by atoms with Crippen molar-refractivity contribution in [3.63, 3.8) is 0 Å². The minimum absolute atomic E-state index is 0.612. The molecule has 7 rings (SSSR count). The van der Waals surface area contributed by atoms with Crippen LogP contribution in [0.1, 0.15) is 0 Å². The number of nitrogens with zero attached hydrogens (tertiary/aromatic N) is 4. The third-order valence-electron chi connectivity index (χ3n) is 6.91. The van der Waals surface area contributed by atoms with Gasteiger partial charge in [-0.2, -0.15) is 0 Å².